The van der Waals surface area contributed by atoms with Crippen LogP contribution in [-0.4, -0.2) is 133 Å². The van der Waals surface area contributed by atoms with Crippen molar-refractivity contribution >= 4 is 35.3 Å². The van der Waals surface area contributed by atoms with Crippen LogP contribution in [0, 0.1) is 0 Å². The second kappa shape index (κ2) is 18.4. The van der Waals surface area contributed by atoms with Gasteiger partial charge in [0, 0.05) is 32.0 Å². The molecule has 3 aliphatic heterocycles. The maximum Gasteiger partial charge on any atom is 0.342 e. The van der Waals surface area contributed by atoms with Gasteiger partial charge in [0.25, 0.3) is 5.91 Å². The minimum atomic E-state index is -1.56. The number of allylic oxidation sites excluding steroid dienone is 1. The van der Waals surface area contributed by atoms with E-state index in [-0.39, 0.29) is 60.1 Å². The molecule has 49 heavy (non-hydrogen) atoms. The first-order chi connectivity index (χ1) is 23.5. The SMILES string of the molecule is C[C@@H]1C/C=C/[C@H](NC(=O)CS[C@@H]2OC(CO)[C@@H](O)C(O)[C@@H]2O)C/C=C/C(=N/OCC(=O)N2CCCCC2)Cc2cc(O)cc(O)c2C(=O)O1. The molecular formula is C33H45N3O12S. The maximum absolute atomic E-state index is 13.2. The number of ether oxygens (including phenoxy) is 2. The molecule has 1 aromatic carbocycles. The normalized spacial score (nSPS) is 30.4. The molecule has 0 aromatic heterocycles. The monoisotopic (exact) mass is 707 g/mol. The van der Waals surface area contributed by atoms with E-state index in [4.69, 9.17) is 14.3 Å². The number of fused-ring (bicyclic) bond motifs is 1. The van der Waals surface area contributed by atoms with Gasteiger partial charge in [-0.2, -0.15) is 0 Å². The number of hydrogen-bond acceptors (Lipinski definition) is 14. The van der Waals surface area contributed by atoms with Crippen molar-refractivity contribution in [1.29, 1.82) is 0 Å². The van der Waals surface area contributed by atoms with E-state index in [1.54, 1.807) is 36.1 Å². The predicted octanol–water partition coefficient (Wildman–Crippen LogP) is 0.495. The zero-order chi connectivity index (χ0) is 35.5. The number of carbonyl (C=O) groups excluding carboxylic acids is 3. The predicted molar refractivity (Wildman–Crippen MR) is 178 cm³/mol. The summed E-state index contributed by atoms with van der Waals surface area (Å²) in [6.45, 7) is 2.07. The van der Waals surface area contributed by atoms with Crippen LogP contribution in [0.3, 0.4) is 0 Å². The summed E-state index contributed by atoms with van der Waals surface area (Å²) in [5.41, 5.74) is -0.744. The maximum atomic E-state index is 13.2. The highest BCUT2D eigenvalue weighted by atomic mass is 32.2. The number of carbonyl (C=O) groups is 3. The van der Waals surface area contributed by atoms with Crippen LogP contribution in [0.15, 0.2) is 41.6 Å². The van der Waals surface area contributed by atoms with Crippen LogP contribution in [0.5, 0.6) is 11.5 Å². The van der Waals surface area contributed by atoms with Crippen LogP contribution >= 0.6 is 11.8 Å². The van der Waals surface area contributed by atoms with Crippen molar-refractivity contribution in [2.75, 3.05) is 32.1 Å². The number of aromatic hydroxyl groups is 2. The minimum Gasteiger partial charge on any atom is -0.508 e. The van der Waals surface area contributed by atoms with Gasteiger partial charge in [0.05, 0.1) is 24.1 Å². The zero-order valence-electron chi connectivity index (χ0n) is 27.2. The second-order valence-electron chi connectivity index (χ2n) is 12.2. The Morgan fingerprint density at radius 2 is 1.82 bits per heavy atom. The molecule has 0 spiro atoms. The molecule has 3 heterocycles. The third kappa shape index (κ3) is 10.9. The van der Waals surface area contributed by atoms with Crippen molar-refractivity contribution in [1.82, 2.24) is 10.2 Å². The summed E-state index contributed by atoms with van der Waals surface area (Å²) in [5, 5.41) is 67.6. The molecule has 16 heteroatoms. The molecule has 2 saturated heterocycles. The molecule has 0 aliphatic carbocycles. The van der Waals surface area contributed by atoms with E-state index in [0.717, 1.165) is 37.1 Å². The molecule has 4 rings (SSSR count). The number of amides is 2. The van der Waals surface area contributed by atoms with Crippen molar-refractivity contribution in [3.63, 3.8) is 0 Å². The molecule has 7 N–H and O–H groups in total. The van der Waals surface area contributed by atoms with Gasteiger partial charge < -0.3 is 55.2 Å². The Morgan fingerprint density at radius 3 is 2.55 bits per heavy atom. The number of phenolic OH excluding ortho intramolecular Hbond substituents is 2. The van der Waals surface area contributed by atoms with Crippen molar-refractivity contribution in [3.05, 3.63) is 47.6 Å². The van der Waals surface area contributed by atoms with Crippen molar-refractivity contribution in [2.24, 2.45) is 5.16 Å². The lowest BCUT2D eigenvalue weighted by Gasteiger charge is -2.39. The van der Waals surface area contributed by atoms with Crippen LogP contribution < -0.4 is 5.32 Å². The molecule has 15 nitrogen and oxygen atoms in total. The smallest absolute Gasteiger partial charge is 0.342 e. The van der Waals surface area contributed by atoms with E-state index in [1.807, 2.05) is 0 Å². The number of rotatable bonds is 8. The summed E-state index contributed by atoms with van der Waals surface area (Å²) in [5.74, 6) is -2.39. The van der Waals surface area contributed by atoms with Gasteiger partial charge in [0.15, 0.2) is 6.61 Å². The molecule has 2 fully saturated rings. The summed E-state index contributed by atoms with van der Waals surface area (Å²) in [4.78, 5) is 45.9. The van der Waals surface area contributed by atoms with E-state index < -0.39 is 66.2 Å². The average Bonchev–Trinajstić information content (AvgIpc) is 3.06. The number of thioether (sulfide) groups is 1. The number of likely N-dealkylation sites (tertiary alicyclic amines) is 1. The number of hydrogen-bond donors (Lipinski definition) is 7. The third-order valence-corrected chi connectivity index (χ3v) is 9.40. The minimum absolute atomic E-state index is 0.0855. The van der Waals surface area contributed by atoms with Gasteiger partial charge in [-0.1, -0.05) is 23.4 Å². The Balaban J connectivity index is 1.50. The van der Waals surface area contributed by atoms with Gasteiger partial charge in [-0.15, -0.1) is 11.8 Å². The van der Waals surface area contributed by atoms with Crippen LogP contribution in [0.25, 0.3) is 0 Å². The van der Waals surface area contributed by atoms with E-state index in [9.17, 15) is 45.0 Å². The first-order valence-corrected chi connectivity index (χ1v) is 17.3. The van der Waals surface area contributed by atoms with Crippen LogP contribution in [0.1, 0.15) is 54.9 Å². The molecular weight excluding hydrogens is 662 g/mol. The molecule has 0 saturated carbocycles. The Morgan fingerprint density at radius 1 is 1.06 bits per heavy atom. The fourth-order valence-electron chi connectivity index (χ4n) is 5.64. The van der Waals surface area contributed by atoms with E-state index >= 15 is 0 Å². The number of nitrogens with zero attached hydrogens (tertiary/aromatic N) is 2. The standard InChI is InChI=1S/C33H45N3O12S/c1-19-7-5-8-21(34-26(40)18-49-33-31(44)30(43)29(42)25(16-37)48-33)9-6-10-22(35-46-17-27(41)36-11-3-2-4-12-36)13-20-14-23(38)15-24(39)28(20)32(45)47-19/h5-6,8,10,14-15,19,21,25,29-31,33,37-39,42-44H,2-4,7,9,11-13,16-18H2,1H3,(H,34,40)/b8-5+,10-6+,35-22-/t19-,21+,25?,29-,30?,31+,33+/m1/s1. The topological polar surface area (TPSA) is 228 Å². The average molecular weight is 708 g/mol. The Labute approximate surface area is 288 Å². The van der Waals surface area contributed by atoms with E-state index in [1.165, 1.54) is 6.07 Å². The molecule has 270 valence electrons. The highest BCUT2D eigenvalue weighted by Crippen LogP contribution is 2.30. The lowest BCUT2D eigenvalue weighted by atomic mass is 9.99. The van der Waals surface area contributed by atoms with Gasteiger partial charge in [-0.05, 0) is 50.3 Å². The molecule has 0 radical (unpaired) electrons. The first-order valence-electron chi connectivity index (χ1n) is 16.2. The number of nitrogens with one attached hydrogen (secondary N) is 1. The van der Waals surface area contributed by atoms with Crippen molar-refractivity contribution in [3.8, 4) is 11.5 Å². The number of benzene rings is 1. The zero-order valence-corrected chi connectivity index (χ0v) is 28.0. The first kappa shape index (κ1) is 38.1. The van der Waals surface area contributed by atoms with Gasteiger partial charge in [0.2, 0.25) is 5.91 Å². The fourth-order valence-corrected chi connectivity index (χ4v) is 6.62. The quantitative estimate of drug-likeness (QED) is 0.111. The number of aliphatic hydroxyl groups excluding tert-OH is 4. The summed E-state index contributed by atoms with van der Waals surface area (Å²) >= 11 is 0.900. The fraction of sp³-hybridized carbons (Fsp3) is 0.576. The largest absolute Gasteiger partial charge is 0.508 e. The molecule has 3 aliphatic rings. The summed E-state index contributed by atoms with van der Waals surface area (Å²) in [7, 11) is 0. The number of piperidine rings is 1. The molecule has 1 aromatic rings. The number of cyclic esters (lactones) is 1. The van der Waals surface area contributed by atoms with Gasteiger partial charge in [0.1, 0.15) is 53.0 Å². The summed E-state index contributed by atoms with van der Waals surface area (Å²) in [6.07, 6.45) is 3.85. The van der Waals surface area contributed by atoms with Gasteiger partial charge in [-0.3, -0.25) is 9.59 Å². The lowest BCUT2D eigenvalue weighted by molar-refractivity contribution is -0.205. The van der Waals surface area contributed by atoms with Gasteiger partial charge in [-0.25, -0.2) is 4.79 Å². The Bertz CT molecular complexity index is 1400. The number of esters is 1. The number of oxime groups is 1. The Kier molecular flexibility index (Phi) is 14.3. The molecule has 7 atom stereocenters. The van der Waals surface area contributed by atoms with E-state index in [0.29, 0.717) is 13.1 Å². The molecule has 0 bridgehead atoms. The van der Waals surface area contributed by atoms with Crippen LogP contribution in [0.4, 0.5) is 0 Å². The van der Waals surface area contributed by atoms with Gasteiger partial charge >= 0.3 is 5.97 Å². The molecule has 2 amide bonds. The highest BCUT2D eigenvalue weighted by Gasteiger charge is 2.43. The number of phenols is 2. The van der Waals surface area contributed by atoms with Crippen LogP contribution in [0.2, 0.25) is 0 Å². The third-order valence-electron chi connectivity index (χ3n) is 8.26. The highest BCUT2D eigenvalue weighted by molar-refractivity contribution is 8.00. The number of aliphatic hydroxyl groups is 4. The lowest BCUT2D eigenvalue weighted by Crippen LogP contribution is -2.57. The van der Waals surface area contributed by atoms with Crippen molar-refractivity contribution in [2.45, 2.75) is 87.4 Å². The Hall–Kier alpha value is -3.67. The van der Waals surface area contributed by atoms with Crippen molar-refractivity contribution < 1.29 is 59.3 Å². The van der Waals surface area contributed by atoms with Crippen LogP contribution in [-0.2, 0) is 30.3 Å². The van der Waals surface area contributed by atoms with E-state index in [2.05, 4.69) is 10.5 Å². The molecule has 2 unspecified atom stereocenters. The summed E-state index contributed by atoms with van der Waals surface area (Å²) in [6, 6.07) is 1.80. The second-order valence-corrected chi connectivity index (χ2v) is 13.3. The summed E-state index contributed by atoms with van der Waals surface area (Å²) < 4.78 is 11.0.